The van der Waals surface area contributed by atoms with E-state index in [1.165, 1.54) is 11.8 Å². The standard InChI is InChI=1S/C13H16F3N3O2/c1-8-9(4-19(17-8)7-13(14,15)16)11(21)18-5-10(20)12(6-18)2-3-12/h4,10,20H,2-3,5-7H2,1H3. The minimum Gasteiger partial charge on any atom is -0.391 e. The number of hydrogen-bond acceptors (Lipinski definition) is 3. The lowest BCUT2D eigenvalue weighted by Gasteiger charge is -2.15. The Morgan fingerprint density at radius 3 is 2.71 bits per heavy atom. The number of halogens is 3. The van der Waals surface area contributed by atoms with Crippen molar-refractivity contribution in [2.24, 2.45) is 5.41 Å². The van der Waals surface area contributed by atoms with E-state index in [0.717, 1.165) is 23.7 Å². The summed E-state index contributed by atoms with van der Waals surface area (Å²) in [7, 11) is 0. The number of aromatic nitrogens is 2. The second kappa shape index (κ2) is 4.46. The van der Waals surface area contributed by atoms with Gasteiger partial charge in [0.2, 0.25) is 0 Å². The van der Waals surface area contributed by atoms with Gasteiger partial charge in [-0.2, -0.15) is 18.3 Å². The van der Waals surface area contributed by atoms with Gasteiger partial charge in [-0.05, 0) is 19.8 Å². The Morgan fingerprint density at radius 2 is 2.19 bits per heavy atom. The quantitative estimate of drug-likeness (QED) is 0.897. The zero-order chi connectivity index (χ0) is 15.4. The Labute approximate surface area is 119 Å². The van der Waals surface area contributed by atoms with Crippen molar-refractivity contribution in [3.63, 3.8) is 0 Å². The molecule has 0 radical (unpaired) electrons. The molecule has 2 heterocycles. The van der Waals surface area contributed by atoms with Gasteiger partial charge in [-0.25, -0.2) is 0 Å². The molecule has 8 heteroatoms. The van der Waals surface area contributed by atoms with Crippen LogP contribution in [0.5, 0.6) is 0 Å². The fraction of sp³-hybridized carbons (Fsp3) is 0.692. The fourth-order valence-corrected chi connectivity index (χ4v) is 2.92. The lowest BCUT2D eigenvalue weighted by molar-refractivity contribution is -0.142. The Hall–Kier alpha value is -1.57. The van der Waals surface area contributed by atoms with Gasteiger partial charge in [0.25, 0.3) is 5.91 Å². The average molecular weight is 303 g/mol. The van der Waals surface area contributed by atoms with E-state index in [9.17, 15) is 23.1 Å². The second-order valence-electron chi connectivity index (χ2n) is 6.00. The van der Waals surface area contributed by atoms with Gasteiger partial charge in [-0.3, -0.25) is 9.48 Å². The van der Waals surface area contributed by atoms with Crippen LogP contribution in [0.25, 0.3) is 0 Å². The number of aliphatic hydroxyl groups excluding tert-OH is 1. The zero-order valence-electron chi connectivity index (χ0n) is 11.5. The maximum absolute atomic E-state index is 12.4. The van der Waals surface area contributed by atoms with Crippen LogP contribution >= 0.6 is 0 Å². The van der Waals surface area contributed by atoms with E-state index < -0.39 is 18.8 Å². The molecule has 1 unspecified atom stereocenters. The highest BCUT2D eigenvalue weighted by Gasteiger charge is 2.55. The Balaban J connectivity index is 1.76. The van der Waals surface area contributed by atoms with Crippen LogP contribution in [0.2, 0.25) is 0 Å². The molecular weight excluding hydrogens is 287 g/mol. The molecule has 0 bridgehead atoms. The minimum absolute atomic E-state index is 0.171. The maximum atomic E-state index is 12.4. The molecule has 1 atom stereocenters. The number of rotatable bonds is 2. The molecule has 1 aliphatic carbocycles. The minimum atomic E-state index is -4.37. The molecule has 2 fully saturated rings. The number of aliphatic hydroxyl groups is 1. The highest BCUT2D eigenvalue weighted by molar-refractivity contribution is 5.95. The summed E-state index contributed by atoms with van der Waals surface area (Å²) < 4.78 is 37.8. The molecule has 0 aromatic carbocycles. The van der Waals surface area contributed by atoms with Crippen LogP contribution in [0, 0.1) is 12.3 Å². The third-order valence-corrected chi connectivity index (χ3v) is 4.30. The van der Waals surface area contributed by atoms with Gasteiger partial charge in [0.15, 0.2) is 0 Å². The molecule has 116 valence electrons. The number of hydrogen-bond donors (Lipinski definition) is 1. The number of carbonyl (C=O) groups is 1. The van der Waals surface area contributed by atoms with Crippen LogP contribution < -0.4 is 0 Å². The summed E-state index contributed by atoms with van der Waals surface area (Å²) in [6.07, 6.45) is -1.99. The third kappa shape index (κ3) is 2.64. The number of carbonyl (C=O) groups excluding carboxylic acids is 1. The van der Waals surface area contributed by atoms with Gasteiger partial charge in [-0.15, -0.1) is 0 Å². The Morgan fingerprint density at radius 1 is 1.52 bits per heavy atom. The van der Waals surface area contributed by atoms with Gasteiger partial charge >= 0.3 is 6.18 Å². The first-order valence-corrected chi connectivity index (χ1v) is 6.78. The van der Waals surface area contributed by atoms with Crippen molar-refractivity contribution in [3.05, 3.63) is 17.5 Å². The second-order valence-corrected chi connectivity index (χ2v) is 6.00. The predicted octanol–water partition coefficient (Wildman–Crippen LogP) is 1.35. The molecule has 3 rings (SSSR count). The summed E-state index contributed by atoms with van der Waals surface area (Å²) in [5, 5.41) is 13.7. The van der Waals surface area contributed by atoms with E-state index in [4.69, 9.17) is 0 Å². The Kier molecular flexibility index (Phi) is 3.05. The van der Waals surface area contributed by atoms with Crippen LogP contribution in [0.4, 0.5) is 13.2 Å². The van der Waals surface area contributed by atoms with Crippen molar-refractivity contribution in [2.45, 2.75) is 38.6 Å². The first kappa shape index (κ1) is 14.4. The third-order valence-electron chi connectivity index (χ3n) is 4.30. The van der Waals surface area contributed by atoms with Crippen molar-refractivity contribution in [1.82, 2.24) is 14.7 Å². The zero-order valence-corrected chi connectivity index (χ0v) is 11.5. The average Bonchev–Trinajstić information content (AvgIpc) is 2.94. The van der Waals surface area contributed by atoms with Gasteiger partial charge in [0.1, 0.15) is 6.54 Å². The molecule has 5 nitrogen and oxygen atoms in total. The van der Waals surface area contributed by atoms with Crippen LogP contribution in [0.15, 0.2) is 6.20 Å². The summed E-state index contributed by atoms with van der Waals surface area (Å²) in [5.41, 5.74) is 0.269. The van der Waals surface area contributed by atoms with Crippen LogP contribution in [-0.2, 0) is 6.54 Å². The number of aryl methyl sites for hydroxylation is 1. The summed E-state index contributed by atoms with van der Waals surface area (Å²) in [6.45, 7) is 1.01. The van der Waals surface area contributed by atoms with Crippen molar-refractivity contribution in [2.75, 3.05) is 13.1 Å². The van der Waals surface area contributed by atoms with E-state index in [1.54, 1.807) is 0 Å². The summed E-state index contributed by atoms with van der Waals surface area (Å²) in [6, 6.07) is 0. The summed E-state index contributed by atoms with van der Waals surface area (Å²) in [4.78, 5) is 13.9. The first-order valence-electron chi connectivity index (χ1n) is 6.78. The molecule has 1 aliphatic heterocycles. The lowest BCUT2D eigenvalue weighted by Crippen LogP contribution is -2.29. The fourth-order valence-electron chi connectivity index (χ4n) is 2.92. The highest BCUT2D eigenvalue weighted by Crippen LogP contribution is 2.52. The predicted molar refractivity (Wildman–Crippen MR) is 66.6 cm³/mol. The molecular formula is C13H16F3N3O2. The van der Waals surface area contributed by atoms with E-state index in [2.05, 4.69) is 5.10 Å². The van der Waals surface area contributed by atoms with E-state index in [1.807, 2.05) is 0 Å². The number of amides is 1. The molecule has 2 aliphatic rings. The monoisotopic (exact) mass is 303 g/mol. The molecule has 1 saturated heterocycles. The molecule has 1 aromatic rings. The normalized spacial score (nSPS) is 23.9. The number of alkyl halides is 3. The van der Waals surface area contributed by atoms with Crippen LogP contribution in [0.1, 0.15) is 28.9 Å². The number of likely N-dealkylation sites (tertiary alicyclic amines) is 1. The Bertz CT molecular complexity index is 578. The van der Waals surface area contributed by atoms with E-state index >= 15 is 0 Å². The molecule has 1 amide bonds. The summed E-state index contributed by atoms with van der Waals surface area (Å²) >= 11 is 0. The smallest absolute Gasteiger partial charge is 0.391 e. The molecule has 1 spiro atoms. The molecule has 1 aromatic heterocycles. The van der Waals surface area contributed by atoms with Crippen LogP contribution in [0.3, 0.4) is 0 Å². The van der Waals surface area contributed by atoms with Crippen molar-refractivity contribution in [3.8, 4) is 0 Å². The molecule has 1 N–H and O–H groups in total. The highest BCUT2D eigenvalue weighted by atomic mass is 19.4. The van der Waals surface area contributed by atoms with E-state index in [-0.39, 0.29) is 29.1 Å². The molecule has 21 heavy (non-hydrogen) atoms. The molecule has 1 saturated carbocycles. The van der Waals surface area contributed by atoms with Crippen molar-refractivity contribution in [1.29, 1.82) is 0 Å². The van der Waals surface area contributed by atoms with Gasteiger partial charge < -0.3 is 10.0 Å². The summed E-state index contributed by atoms with van der Waals surface area (Å²) in [5.74, 6) is -0.358. The van der Waals surface area contributed by atoms with Crippen LogP contribution in [-0.4, -0.2) is 51.1 Å². The number of β-amino-alcohol motifs (C(OH)–C–C–N with tert-alkyl or cyclic N) is 1. The van der Waals surface area contributed by atoms with Crippen molar-refractivity contribution < 1.29 is 23.1 Å². The van der Waals surface area contributed by atoms with Gasteiger partial charge in [-0.1, -0.05) is 0 Å². The maximum Gasteiger partial charge on any atom is 0.408 e. The topological polar surface area (TPSA) is 58.4 Å². The van der Waals surface area contributed by atoms with E-state index in [0.29, 0.717) is 6.54 Å². The first-order chi connectivity index (χ1) is 9.70. The van der Waals surface area contributed by atoms with Gasteiger partial charge in [0, 0.05) is 24.7 Å². The number of nitrogens with zero attached hydrogens (tertiary/aromatic N) is 3. The van der Waals surface area contributed by atoms with Gasteiger partial charge in [0.05, 0.1) is 17.4 Å². The SMILES string of the molecule is Cc1nn(CC(F)(F)F)cc1C(=O)N1CC(O)C2(CC2)C1. The largest absolute Gasteiger partial charge is 0.408 e. The van der Waals surface area contributed by atoms with Crippen molar-refractivity contribution >= 4 is 5.91 Å². The lowest BCUT2D eigenvalue weighted by atomic mass is 10.0.